The van der Waals surface area contributed by atoms with E-state index < -0.39 is 0 Å². The number of hydrazine groups is 1. The summed E-state index contributed by atoms with van der Waals surface area (Å²) in [5.41, 5.74) is 7.90. The Morgan fingerprint density at radius 3 is 3.00 bits per heavy atom. The van der Waals surface area contributed by atoms with Crippen LogP contribution in [0.3, 0.4) is 0 Å². The number of nitrogens with zero attached hydrogens (tertiary/aromatic N) is 3. The molecular weight excluding hydrogens is 359 g/mol. The summed E-state index contributed by atoms with van der Waals surface area (Å²) in [5.74, 6) is 0.314. The van der Waals surface area contributed by atoms with E-state index in [1.54, 1.807) is 47.2 Å². The number of benzene rings is 1. The van der Waals surface area contributed by atoms with Gasteiger partial charge in [-0.1, -0.05) is 31.0 Å². The lowest BCUT2D eigenvalue weighted by molar-refractivity contribution is 0.209. The highest BCUT2D eigenvalue weighted by Crippen LogP contribution is 2.30. The molecule has 2 heterocycles. The third kappa shape index (κ3) is 4.18. The van der Waals surface area contributed by atoms with Gasteiger partial charge in [0.2, 0.25) is 0 Å². The van der Waals surface area contributed by atoms with Gasteiger partial charge in [-0.25, -0.2) is 9.18 Å². The van der Waals surface area contributed by atoms with Gasteiger partial charge in [0.25, 0.3) is 0 Å². The van der Waals surface area contributed by atoms with Crippen LogP contribution in [0.1, 0.15) is 31.2 Å². The van der Waals surface area contributed by atoms with Crippen LogP contribution < -0.4 is 16.2 Å². The fourth-order valence-electron chi connectivity index (χ4n) is 4.24. The number of rotatable bonds is 5. The number of halogens is 1. The van der Waals surface area contributed by atoms with Gasteiger partial charge in [-0.05, 0) is 24.8 Å². The summed E-state index contributed by atoms with van der Waals surface area (Å²) in [6.45, 7) is 0.961. The number of fused-ring (bicyclic) bond motifs is 1. The van der Waals surface area contributed by atoms with E-state index in [0.29, 0.717) is 36.3 Å². The molecule has 7 nitrogen and oxygen atoms in total. The molecule has 1 saturated carbocycles. The fourth-order valence-corrected chi connectivity index (χ4v) is 4.24. The summed E-state index contributed by atoms with van der Waals surface area (Å²) in [5, 5.41) is 7.09. The maximum atomic E-state index is 13.8. The van der Waals surface area contributed by atoms with Gasteiger partial charge in [0.15, 0.2) is 0 Å². The third-order valence-corrected chi connectivity index (χ3v) is 5.78. The molecule has 3 unspecified atom stereocenters. The molecule has 1 aromatic carbocycles. The second kappa shape index (κ2) is 8.28. The number of aromatic nitrogens is 2. The smallest absolute Gasteiger partial charge is 0.321 e. The first-order chi connectivity index (χ1) is 13.6. The van der Waals surface area contributed by atoms with Gasteiger partial charge in [0, 0.05) is 37.4 Å². The van der Waals surface area contributed by atoms with Gasteiger partial charge >= 0.3 is 6.03 Å². The van der Waals surface area contributed by atoms with Crippen LogP contribution in [-0.4, -0.2) is 46.4 Å². The molecule has 0 radical (unpaired) electrons. The normalized spacial score (nSPS) is 24.0. The number of urea groups is 1. The van der Waals surface area contributed by atoms with Crippen molar-refractivity contribution in [1.29, 1.82) is 0 Å². The van der Waals surface area contributed by atoms with Crippen molar-refractivity contribution in [1.82, 2.24) is 25.5 Å². The Labute approximate surface area is 164 Å². The first-order valence-electron chi connectivity index (χ1n) is 9.89. The molecule has 28 heavy (non-hydrogen) atoms. The maximum absolute atomic E-state index is 13.8. The average Bonchev–Trinajstić information content (AvgIpc) is 3.31. The molecule has 4 rings (SSSR count). The number of hydrogen-bond acceptors (Lipinski definition) is 4. The molecule has 1 saturated heterocycles. The minimum atomic E-state index is -0.262. The van der Waals surface area contributed by atoms with E-state index in [0.717, 1.165) is 0 Å². The molecule has 0 bridgehead atoms. The molecule has 0 spiro atoms. The zero-order valence-electron chi connectivity index (χ0n) is 16.1. The Balaban J connectivity index is 1.31. The minimum absolute atomic E-state index is 0.175. The number of nitrogens with one attached hydrogen (secondary N) is 3. The van der Waals surface area contributed by atoms with Crippen LogP contribution in [0.2, 0.25) is 0 Å². The van der Waals surface area contributed by atoms with Gasteiger partial charge < -0.3 is 10.2 Å². The number of likely N-dealkylation sites (N-methyl/N-ethyl adjacent to an activating group) is 1. The predicted octanol–water partition coefficient (Wildman–Crippen LogP) is 2.57. The Hall–Kier alpha value is -2.45. The quantitative estimate of drug-likeness (QED) is 0.738. The monoisotopic (exact) mass is 386 g/mol. The van der Waals surface area contributed by atoms with Crippen molar-refractivity contribution in [3.05, 3.63) is 48.0 Å². The van der Waals surface area contributed by atoms with Gasteiger partial charge in [-0.15, -0.1) is 0 Å². The van der Waals surface area contributed by atoms with E-state index in [9.17, 15) is 9.18 Å². The maximum Gasteiger partial charge on any atom is 0.321 e. The highest BCUT2D eigenvalue weighted by Gasteiger charge is 2.37. The number of hydrogen-bond donors (Lipinski definition) is 3. The number of carbonyl (C=O) groups is 1. The summed E-state index contributed by atoms with van der Waals surface area (Å²) in [4.78, 5) is 14.3. The van der Waals surface area contributed by atoms with Gasteiger partial charge in [0.05, 0.1) is 18.4 Å². The lowest BCUT2D eigenvalue weighted by Gasteiger charge is -2.29. The first-order valence-corrected chi connectivity index (χ1v) is 9.89. The first kappa shape index (κ1) is 18.9. The van der Waals surface area contributed by atoms with Crippen molar-refractivity contribution in [2.24, 2.45) is 5.92 Å². The Bertz CT molecular complexity index is 825. The minimum Gasteiger partial charge on any atom is -0.326 e. The van der Waals surface area contributed by atoms with Gasteiger partial charge in [0.1, 0.15) is 5.82 Å². The standard InChI is InChI=1S/C20H27FN6O/c1-26(13-19-16-7-3-5-9-18(16)24-25-19)20(28)23-15-10-22-27(12-15)11-14-6-2-4-8-17(14)21/h2,4,6,8,10,12,16,18-19,24-25H,3,5,7,9,11,13H2,1H3,(H,23,28). The lowest BCUT2D eigenvalue weighted by Crippen LogP contribution is -2.44. The van der Waals surface area contributed by atoms with Crippen LogP contribution in [-0.2, 0) is 6.54 Å². The van der Waals surface area contributed by atoms with E-state index in [2.05, 4.69) is 21.3 Å². The molecule has 2 amide bonds. The summed E-state index contributed by atoms with van der Waals surface area (Å²) < 4.78 is 15.4. The van der Waals surface area contributed by atoms with E-state index >= 15 is 0 Å². The second-order valence-corrected chi connectivity index (χ2v) is 7.78. The summed E-state index contributed by atoms with van der Waals surface area (Å²) >= 11 is 0. The molecule has 8 heteroatoms. The Kier molecular flexibility index (Phi) is 5.59. The fraction of sp³-hybridized carbons (Fsp3) is 0.500. The summed E-state index contributed by atoms with van der Waals surface area (Å²) in [6, 6.07) is 7.22. The van der Waals surface area contributed by atoms with E-state index in [4.69, 9.17) is 0 Å². The number of anilines is 1. The highest BCUT2D eigenvalue weighted by molar-refractivity contribution is 5.88. The highest BCUT2D eigenvalue weighted by atomic mass is 19.1. The third-order valence-electron chi connectivity index (χ3n) is 5.78. The molecule has 1 aliphatic heterocycles. The van der Waals surface area contributed by atoms with Crippen molar-refractivity contribution in [3.8, 4) is 0 Å². The van der Waals surface area contributed by atoms with Crippen LogP contribution in [0.15, 0.2) is 36.7 Å². The van der Waals surface area contributed by atoms with Crippen LogP contribution in [0.4, 0.5) is 14.9 Å². The Morgan fingerprint density at radius 1 is 1.32 bits per heavy atom. The van der Waals surface area contributed by atoms with Crippen LogP contribution in [0.5, 0.6) is 0 Å². The molecular formula is C20H27FN6O. The average molecular weight is 386 g/mol. The number of carbonyl (C=O) groups excluding carboxylic acids is 1. The molecule has 2 aliphatic rings. The Morgan fingerprint density at radius 2 is 2.14 bits per heavy atom. The molecule has 3 N–H and O–H groups in total. The van der Waals surface area contributed by atoms with Crippen LogP contribution in [0.25, 0.3) is 0 Å². The van der Waals surface area contributed by atoms with E-state index in [-0.39, 0.29) is 17.9 Å². The van der Waals surface area contributed by atoms with Crippen molar-refractivity contribution >= 4 is 11.7 Å². The number of amides is 2. The van der Waals surface area contributed by atoms with Gasteiger partial charge in [-0.2, -0.15) is 5.10 Å². The van der Waals surface area contributed by atoms with Crippen molar-refractivity contribution in [2.45, 2.75) is 44.3 Å². The lowest BCUT2D eigenvalue weighted by atomic mass is 9.82. The summed E-state index contributed by atoms with van der Waals surface area (Å²) in [7, 11) is 1.80. The van der Waals surface area contributed by atoms with Crippen LogP contribution in [0, 0.1) is 11.7 Å². The molecule has 150 valence electrons. The molecule has 3 atom stereocenters. The molecule has 1 aliphatic carbocycles. The molecule has 1 aromatic heterocycles. The molecule has 2 aromatic rings. The van der Waals surface area contributed by atoms with Crippen molar-refractivity contribution < 1.29 is 9.18 Å². The SMILES string of the molecule is CN(CC1NNC2CCCCC21)C(=O)Nc1cnn(Cc2ccccc2F)c1. The van der Waals surface area contributed by atoms with Crippen molar-refractivity contribution in [3.63, 3.8) is 0 Å². The van der Waals surface area contributed by atoms with Crippen LogP contribution >= 0.6 is 0 Å². The van der Waals surface area contributed by atoms with E-state index in [1.807, 2.05) is 0 Å². The second-order valence-electron chi connectivity index (χ2n) is 7.78. The molecule has 2 fully saturated rings. The zero-order valence-corrected chi connectivity index (χ0v) is 16.1. The zero-order chi connectivity index (χ0) is 19.5. The van der Waals surface area contributed by atoms with Gasteiger partial charge in [-0.3, -0.25) is 15.5 Å². The topological polar surface area (TPSA) is 74.2 Å². The summed E-state index contributed by atoms with van der Waals surface area (Å²) in [6.07, 6.45) is 8.23. The van der Waals surface area contributed by atoms with E-state index in [1.165, 1.54) is 31.7 Å². The van der Waals surface area contributed by atoms with Crippen molar-refractivity contribution in [2.75, 3.05) is 18.9 Å². The predicted molar refractivity (Wildman–Crippen MR) is 105 cm³/mol. The largest absolute Gasteiger partial charge is 0.326 e.